The predicted molar refractivity (Wildman–Crippen MR) is 56.0 cm³/mol. The normalized spacial score (nSPS) is 27.9. The van der Waals surface area contributed by atoms with Crippen LogP contribution in [0.3, 0.4) is 0 Å². The number of aromatic nitrogens is 2. The Morgan fingerprint density at radius 1 is 1.65 bits per heavy atom. The Bertz CT molecular complexity index is 431. The quantitative estimate of drug-likeness (QED) is 0.839. The summed E-state index contributed by atoms with van der Waals surface area (Å²) in [4.78, 5) is 11.1. The third kappa shape index (κ3) is 2.45. The molecule has 1 saturated carbocycles. The summed E-state index contributed by atoms with van der Waals surface area (Å²) in [6.45, 7) is 1.80. The Kier molecular flexibility index (Phi) is 2.89. The molecule has 2 atom stereocenters. The van der Waals surface area contributed by atoms with Crippen molar-refractivity contribution in [2.45, 2.75) is 38.0 Å². The summed E-state index contributed by atoms with van der Waals surface area (Å²) in [7, 11) is 0. The highest BCUT2D eigenvalue weighted by atomic mass is 19.3. The molecule has 0 aromatic carbocycles. The van der Waals surface area contributed by atoms with Gasteiger partial charge in [0.1, 0.15) is 0 Å². The predicted octanol–water partition coefficient (Wildman–Crippen LogP) is 2.32. The van der Waals surface area contributed by atoms with E-state index in [-0.39, 0.29) is 12.8 Å². The van der Waals surface area contributed by atoms with Gasteiger partial charge < -0.3 is 5.11 Å². The second-order valence-corrected chi connectivity index (χ2v) is 4.63. The SMILES string of the molecule is Cc1cc(C2CCC(F)(F)CC2C(=O)O)n[nH]1. The molecule has 0 saturated heterocycles. The lowest BCUT2D eigenvalue weighted by Gasteiger charge is -2.32. The van der Waals surface area contributed by atoms with E-state index in [4.69, 9.17) is 5.11 Å². The van der Waals surface area contributed by atoms with Gasteiger partial charge in [0, 0.05) is 24.5 Å². The van der Waals surface area contributed by atoms with Gasteiger partial charge in [-0.1, -0.05) is 0 Å². The number of halogens is 2. The molecule has 1 fully saturated rings. The van der Waals surface area contributed by atoms with E-state index in [2.05, 4.69) is 10.2 Å². The van der Waals surface area contributed by atoms with Gasteiger partial charge in [0.15, 0.2) is 0 Å². The largest absolute Gasteiger partial charge is 0.481 e. The fraction of sp³-hybridized carbons (Fsp3) is 0.636. The number of carbonyl (C=O) groups is 1. The van der Waals surface area contributed by atoms with Gasteiger partial charge in [-0.3, -0.25) is 9.89 Å². The fourth-order valence-corrected chi connectivity index (χ4v) is 2.38. The standard InChI is InChI=1S/C11H14F2N2O2/c1-6-4-9(15-14-6)7-2-3-11(12,13)5-8(7)10(16)17/h4,7-8H,2-3,5H2,1H3,(H,14,15)(H,16,17). The molecule has 0 amide bonds. The number of nitrogens with zero attached hydrogens (tertiary/aromatic N) is 1. The van der Waals surface area contributed by atoms with Crippen molar-refractivity contribution in [1.29, 1.82) is 0 Å². The Morgan fingerprint density at radius 2 is 2.35 bits per heavy atom. The summed E-state index contributed by atoms with van der Waals surface area (Å²) >= 11 is 0. The zero-order valence-electron chi connectivity index (χ0n) is 9.41. The van der Waals surface area contributed by atoms with Gasteiger partial charge in [-0.2, -0.15) is 5.10 Å². The van der Waals surface area contributed by atoms with Crippen LogP contribution in [0.15, 0.2) is 6.07 Å². The van der Waals surface area contributed by atoms with E-state index in [9.17, 15) is 13.6 Å². The summed E-state index contributed by atoms with van der Waals surface area (Å²) < 4.78 is 26.4. The highest BCUT2D eigenvalue weighted by Gasteiger charge is 2.45. The van der Waals surface area contributed by atoms with Gasteiger partial charge in [0.05, 0.1) is 11.6 Å². The lowest BCUT2D eigenvalue weighted by atomic mass is 9.76. The summed E-state index contributed by atoms with van der Waals surface area (Å²) in [5, 5.41) is 15.7. The molecule has 0 radical (unpaired) electrons. The molecule has 1 aromatic heterocycles. The number of hydrogen-bond donors (Lipinski definition) is 2. The number of hydrogen-bond acceptors (Lipinski definition) is 2. The molecular formula is C11H14F2N2O2. The van der Waals surface area contributed by atoms with E-state index in [0.29, 0.717) is 5.69 Å². The molecule has 94 valence electrons. The smallest absolute Gasteiger partial charge is 0.307 e. The van der Waals surface area contributed by atoms with Crippen LogP contribution in [0.25, 0.3) is 0 Å². The minimum Gasteiger partial charge on any atom is -0.481 e. The maximum atomic E-state index is 13.2. The molecule has 2 N–H and O–H groups in total. The van der Waals surface area contributed by atoms with Gasteiger partial charge in [0.2, 0.25) is 5.92 Å². The molecule has 0 aliphatic heterocycles. The Balaban J connectivity index is 2.24. The maximum absolute atomic E-state index is 13.2. The van der Waals surface area contributed by atoms with Gasteiger partial charge in [-0.05, 0) is 19.4 Å². The molecule has 4 nitrogen and oxygen atoms in total. The van der Waals surface area contributed by atoms with Crippen molar-refractivity contribution in [3.8, 4) is 0 Å². The molecule has 1 aliphatic carbocycles. The summed E-state index contributed by atoms with van der Waals surface area (Å²) in [5.74, 6) is -5.51. The second-order valence-electron chi connectivity index (χ2n) is 4.63. The van der Waals surface area contributed by atoms with Crippen LogP contribution in [0, 0.1) is 12.8 Å². The number of aryl methyl sites for hydroxylation is 1. The van der Waals surface area contributed by atoms with Crippen molar-refractivity contribution in [3.05, 3.63) is 17.5 Å². The third-order valence-electron chi connectivity index (χ3n) is 3.25. The van der Waals surface area contributed by atoms with Crippen LogP contribution in [0.4, 0.5) is 8.78 Å². The van der Waals surface area contributed by atoms with Crippen molar-refractivity contribution < 1.29 is 18.7 Å². The topological polar surface area (TPSA) is 66.0 Å². The lowest BCUT2D eigenvalue weighted by molar-refractivity contribution is -0.150. The second kappa shape index (κ2) is 4.09. The number of H-pyrrole nitrogens is 1. The minimum atomic E-state index is -2.87. The van der Waals surface area contributed by atoms with E-state index >= 15 is 0 Å². The molecule has 17 heavy (non-hydrogen) atoms. The van der Waals surface area contributed by atoms with Crippen LogP contribution < -0.4 is 0 Å². The van der Waals surface area contributed by atoms with Gasteiger partial charge in [0.25, 0.3) is 0 Å². The molecule has 6 heteroatoms. The number of aromatic amines is 1. The molecule has 2 rings (SSSR count). The number of carboxylic acid groups (broad SMARTS) is 1. The first-order valence-electron chi connectivity index (χ1n) is 5.51. The third-order valence-corrected chi connectivity index (χ3v) is 3.25. The Hall–Kier alpha value is -1.46. The highest BCUT2D eigenvalue weighted by Crippen LogP contribution is 2.44. The van der Waals surface area contributed by atoms with Crippen LogP contribution in [-0.2, 0) is 4.79 Å². The first-order chi connectivity index (χ1) is 7.89. The molecule has 0 spiro atoms. The maximum Gasteiger partial charge on any atom is 0.307 e. The van der Waals surface area contributed by atoms with Crippen molar-refractivity contribution in [2.24, 2.45) is 5.92 Å². The molecule has 1 aromatic rings. The first-order valence-corrected chi connectivity index (χ1v) is 5.51. The van der Waals surface area contributed by atoms with E-state index in [1.807, 2.05) is 0 Å². The number of rotatable bonds is 2. The number of nitrogens with one attached hydrogen (secondary N) is 1. The van der Waals surface area contributed by atoms with Crippen LogP contribution in [0.1, 0.15) is 36.6 Å². The van der Waals surface area contributed by atoms with E-state index < -0.39 is 30.1 Å². The minimum absolute atomic E-state index is 0.161. The average molecular weight is 244 g/mol. The van der Waals surface area contributed by atoms with Gasteiger partial charge >= 0.3 is 5.97 Å². The Labute approximate surface area is 97.0 Å². The zero-order valence-corrected chi connectivity index (χ0v) is 9.41. The van der Waals surface area contributed by atoms with Crippen LogP contribution in [-0.4, -0.2) is 27.2 Å². The molecule has 2 unspecified atom stereocenters. The van der Waals surface area contributed by atoms with E-state index in [1.165, 1.54) is 0 Å². The molecule has 1 heterocycles. The zero-order chi connectivity index (χ0) is 12.6. The summed E-state index contributed by atoms with van der Waals surface area (Å²) in [6.07, 6.45) is -0.708. The lowest BCUT2D eigenvalue weighted by Crippen LogP contribution is -2.35. The van der Waals surface area contributed by atoms with E-state index in [1.54, 1.807) is 13.0 Å². The van der Waals surface area contributed by atoms with Crippen LogP contribution in [0.5, 0.6) is 0 Å². The van der Waals surface area contributed by atoms with Gasteiger partial charge in [-0.15, -0.1) is 0 Å². The fourth-order valence-electron chi connectivity index (χ4n) is 2.38. The van der Waals surface area contributed by atoms with Crippen LogP contribution >= 0.6 is 0 Å². The average Bonchev–Trinajstić information content (AvgIpc) is 2.63. The van der Waals surface area contributed by atoms with Crippen molar-refractivity contribution >= 4 is 5.97 Å². The van der Waals surface area contributed by atoms with Crippen molar-refractivity contribution in [1.82, 2.24) is 10.2 Å². The van der Waals surface area contributed by atoms with E-state index in [0.717, 1.165) is 5.69 Å². The Morgan fingerprint density at radius 3 is 2.88 bits per heavy atom. The summed E-state index contributed by atoms with van der Waals surface area (Å²) in [5.41, 5.74) is 1.38. The van der Waals surface area contributed by atoms with Crippen LogP contribution in [0.2, 0.25) is 0 Å². The number of carboxylic acids is 1. The van der Waals surface area contributed by atoms with Crippen molar-refractivity contribution in [3.63, 3.8) is 0 Å². The number of alkyl halides is 2. The monoisotopic (exact) mass is 244 g/mol. The highest BCUT2D eigenvalue weighted by molar-refractivity contribution is 5.71. The molecule has 0 bridgehead atoms. The summed E-state index contributed by atoms with van der Waals surface area (Å²) in [6, 6.07) is 1.73. The van der Waals surface area contributed by atoms with Gasteiger partial charge in [-0.25, -0.2) is 8.78 Å². The van der Waals surface area contributed by atoms with Crippen molar-refractivity contribution in [2.75, 3.05) is 0 Å². The molecule has 1 aliphatic rings. The first kappa shape index (κ1) is 12.0. The molecular weight excluding hydrogens is 230 g/mol. The number of aliphatic carboxylic acids is 1.